The van der Waals surface area contributed by atoms with E-state index in [-0.39, 0.29) is 23.7 Å². The molecule has 1 N–H and O–H groups in total. The minimum absolute atomic E-state index is 0.139. The Morgan fingerprint density at radius 3 is 2.29 bits per heavy atom. The monoisotopic (exact) mass is 460 g/mol. The minimum atomic E-state index is -0.744. The van der Waals surface area contributed by atoms with E-state index in [1.807, 2.05) is 42.5 Å². The Morgan fingerprint density at radius 1 is 1.03 bits per heavy atom. The van der Waals surface area contributed by atoms with Crippen molar-refractivity contribution in [3.63, 3.8) is 0 Å². The van der Waals surface area contributed by atoms with E-state index >= 15 is 0 Å². The zero-order valence-electron chi connectivity index (χ0n) is 17.9. The molecule has 1 aliphatic rings. The van der Waals surface area contributed by atoms with Gasteiger partial charge >= 0.3 is 0 Å². The molecule has 1 saturated carbocycles. The SMILES string of the molecule is CC1CCC(NC(=O)C(c2ccc(Cl)cc2)N(CCc2ccccc2)C(=O)CCl)CC1. The van der Waals surface area contributed by atoms with Gasteiger partial charge in [-0.25, -0.2) is 0 Å². The van der Waals surface area contributed by atoms with Crippen LogP contribution in [-0.4, -0.2) is 35.2 Å². The van der Waals surface area contributed by atoms with E-state index in [4.69, 9.17) is 23.2 Å². The van der Waals surface area contributed by atoms with Gasteiger partial charge < -0.3 is 10.2 Å². The zero-order valence-corrected chi connectivity index (χ0v) is 19.4. The lowest BCUT2D eigenvalue weighted by Crippen LogP contribution is -2.48. The zero-order chi connectivity index (χ0) is 22.2. The molecule has 2 aromatic carbocycles. The highest BCUT2D eigenvalue weighted by Crippen LogP contribution is 2.27. The number of carbonyl (C=O) groups is 2. The van der Waals surface area contributed by atoms with Gasteiger partial charge in [0.25, 0.3) is 0 Å². The minimum Gasteiger partial charge on any atom is -0.351 e. The summed E-state index contributed by atoms with van der Waals surface area (Å²) in [6, 6.07) is 16.5. The van der Waals surface area contributed by atoms with Crippen molar-refractivity contribution < 1.29 is 9.59 Å². The van der Waals surface area contributed by atoms with Crippen LogP contribution < -0.4 is 5.32 Å². The summed E-state index contributed by atoms with van der Waals surface area (Å²) in [5.74, 6) is 0.103. The number of nitrogens with one attached hydrogen (secondary N) is 1. The number of alkyl halides is 1. The van der Waals surface area contributed by atoms with Crippen molar-refractivity contribution in [2.24, 2.45) is 5.92 Å². The molecule has 166 valence electrons. The van der Waals surface area contributed by atoms with Gasteiger partial charge in [0.15, 0.2) is 0 Å². The molecule has 6 heteroatoms. The smallest absolute Gasteiger partial charge is 0.247 e. The predicted octanol–water partition coefficient (Wildman–Crippen LogP) is 5.39. The second-order valence-corrected chi connectivity index (χ2v) is 9.08. The van der Waals surface area contributed by atoms with E-state index in [0.717, 1.165) is 36.8 Å². The maximum Gasteiger partial charge on any atom is 0.247 e. The van der Waals surface area contributed by atoms with Crippen LogP contribution in [0.5, 0.6) is 0 Å². The predicted molar refractivity (Wildman–Crippen MR) is 126 cm³/mol. The third kappa shape index (κ3) is 6.72. The summed E-state index contributed by atoms with van der Waals surface area (Å²) in [4.78, 5) is 27.9. The number of hydrogen-bond donors (Lipinski definition) is 1. The Kier molecular flexibility index (Phi) is 8.79. The lowest BCUT2D eigenvalue weighted by molar-refractivity contribution is -0.139. The highest BCUT2D eigenvalue weighted by atomic mass is 35.5. The number of amides is 2. The summed E-state index contributed by atoms with van der Waals surface area (Å²) in [5.41, 5.74) is 1.84. The molecule has 0 saturated heterocycles. The quantitative estimate of drug-likeness (QED) is 0.537. The normalized spacial score (nSPS) is 19.5. The topological polar surface area (TPSA) is 49.4 Å². The standard InChI is InChI=1S/C25H30Cl2N2O2/c1-18-7-13-22(14-8-18)28-25(31)24(20-9-11-21(27)12-10-20)29(23(30)17-26)16-15-19-5-3-2-4-6-19/h2-6,9-12,18,22,24H,7-8,13-17H2,1H3,(H,28,31). The summed E-state index contributed by atoms with van der Waals surface area (Å²) in [6.07, 6.45) is 4.78. The van der Waals surface area contributed by atoms with Crippen molar-refractivity contribution in [2.75, 3.05) is 12.4 Å². The average molecular weight is 461 g/mol. The van der Waals surface area contributed by atoms with Crippen molar-refractivity contribution in [1.82, 2.24) is 10.2 Å². The van der Waals surface area contributed by atoms with E-state index in [9.17, 15) is 9.59 Å². The number of rotatable bonds is 8. The number of hydrogen-bond acceptors (Lipinski definition) is 2. The Labute approximate surface area is 194 Å². The molecule has 0 heterocycles. The van der Waals surface area contributed by atoms with Crippen LogP contribution in [0.3, 0.4) is 0 Å². The van der Waals surface area contributed by atoms with Crippen LogP contribution in [0.2, 0.25) is 5.02 Å². The fourth-order valence-electron chi connectivity index (χ4n) is 4.17. The largest absolute Gasteiger partial charge is 0.351 e. The first-order chi connectivity index (χ1) is 15.0. The fraction of sp³-hybridized carbons (Fsp3) is 0.440. The highest BCUT2D eigenvalue weighted by Gasteiger charge is 2.32. The van der Waals surface area contributed by atoms with Gasteiger partial charge in [-0.2, -0.15) is 0 Å². The second-order valence-electron chi connectivity index (χ2n) is 8.38. The maximum atomic E-state index is 13.5. The van der Waals surface area contributed by atoms with Crippen LogP contribution in [0.4, 0.5) is 0 Å². The molecule has 1 unspecified atom stereocenters. The Morgan fingerprint density at radius 2 is 1.68 bits per heavy atom. The van der Waals surface area contributed by atoms with Gasteiger partial charge in [0, 0.05) is 17.6 Å². The molecule has 2 aromatic rings. The van der Waals surface area contributed by atoms with Gasteiger partial charge in [-0.05, 0) is 61.3 Å². The van der Waals surface area contributed by atoms with E-state index in [2.05, 4.69) is 12.2 Å². The van der Waals surface area contributed by atoms with Crippen LogP contribution >= 0.6 is 23.2 Å². The number of nitrogens with zero attached hydrogens (tertiary/aromatic N) is 1. The fourth-order valence-corrected chi connectivity index (χ4v) is 4.45. The van der Waals surface area contributed by atoms with Gasteiger partial charge in [0.05, 0.1) is 0 Å². The van der Waals surface area contributed by atoms with Crippen molar-refractivity contribution in [3.05, 3.63) is 70.7 Å². The first-order valence-electron chi connectivity index (χ1n) is 10.9. The van der Waals surface area contributed by atoms with Crippen molar-refractivity contribution >= 4 is 35.0 Å². The average Bonchev–Trinajstić information content (AvgIpc) is 2.79. The van der Waals surface area contributed by atoms with Crippen molar-refractivity contribution in [2.45, 2.75) is 51.1 Å². The molecule has 1 aliphatic carbocycles. The Bertz CT molecular complexity index is 850. The van der Waals surface area contributed by atoms with Gasteiger partial charge in [0.2, 0.25) is 11.8 Å². The summed E-state index contributed by atoms with van der Waals surface area (Å²) >= 11 is 12.0. The molecule has 2 amide bonds. The van der Waals surface area contributed by atoms with Gasteiger partial charge in [-0.1, -0.05) is 61.0 Å². The molecule has 0 spiro atoms. The lowest BCUT2D eigenvalue weighted by Gasteiger charge is -2.34. The summed E-state index contributed by atoms with van der Waals surface area (Å²) in [7, 11) is 0. The van der Waals surface area contributed by atoms with Crippen LogP contribution in [0.25, 0.3) is 0 Å². The van der Waals surface area contributed by atoms with Gasteiger partial charge in [-0.3, -0.25) is 9.59 Å². The van der Waals surface area contributed by atoms with Crippen LogP contribution in [0.1, 0.15) is 49.8 Å². The number of benzene rings is 2. The molecule has 31 heavy (non-hydrogen) atoms. The molecular formula is C25H30Cl2N2O2. The molecule has 0 aliphatic heterocycles. The highest BCUT2D eigenvalue weighted by molar-refractivity contribution is 6.30. The van der Waals surface area contributed by atoms with E-state index in [1.54, 1.807) is 17.0 Å². The van der Waals surface area contributed by atoms with Gasteiger partial charge in [-0.15, -0.1) is 11.6 Å². The lowest BCUT2D eigenvalue weighted by atomic mass is 9.87. The first kappa shape index (κ1) is 23.6. The third-order valence-corrected chi connectivity index (χ3v) is 6.51. The molecular weight excluding hydrogens is 431 g/mol. The molecule has 0 aromatic heterocycles. The summed E-state index contributed by atoms with van der Waals surface area (Å²) in [6.45, 7) is 2.65. The number of carbonyl (C=O) groups excluding carboxylic acids is 2. The number of halogens is 2. The maximum absolute atomic E-state index is 13.5. The second kappa shape index (κ2) is 11.5. The molecule has 0 bridgehead atoms. The van der Waals surface area contributed by atoms with Crippen molar-refractivity contribution in [3.8, 4) is 0 Å². The summed E-state index contributed by atoms with van der Waals surface area (Å²) < 4.78 is 0. The molecule has 4 nitrogen and oxygen atoms in total. The van der Waals surface area contributed by atoms with E-state index in [1.165, 1.54) is 0 Å². The summed E-state index contributed by atoms with van der Waals surface area (Å²) in [5, 5.41) is 3.79. The van der Waals surface area contributed by atoms with Crippen molar-refractivity contribution in [1.29, 1.82) is 0 Å². The van der Waals surface area contributed by atoms with Crippen LogP contribution in [0.15, 0.2) is 54.6 Å². The van der Waals surface area contributed by atoms with Gasteiger partial charge in [0.1, 0.15) is 11.9 Å². The Balaban J connectivity index is 1.84. The molecule has 0 radical (unpaired) electrons. The van der Waals surface area contributed by atoms with E-state index in [0.29, 0.717) is 23.9 Å². The molecule has 3 rings (SSSR count). The van der Waals surface area contributed by atoms with E-state index < -0.39 is 6.04 Å². The Hall–Kier alpha value is -2.04. The van der Waals surface area contributed by atoms with Crippen LogP contribution in [0, 0.1) is 5.92 Å². The van der Waals surface area contributed by atoms with Crippen LogP contribution in [-0.2, 0) is 16.0 Å². The first-order valence-corrected chi connectivity index (χ1v) is 11.8. The molecule has 1 atom stereocenters. The molecule has 1 fully saturated rings. The third-order valence-electron chi connectivity index (χ3n) is 6.03.